The van der Waals surface area contributed by atoms with E-state index in [9.17, 15) is 0 Å². The van der Waals surface area contributed by atoms with Gasteiger partial charge in [0, 0.05) is 13.5 Å². The van der Waals surface area contributed by atoms with Crippen LogP contribution < -0.4 is 5.73 Å². The summed E-state index contributed by atoms with van der Waals surface area (Å²) >= 11 is 0. The van der Waals surface area contributed by atoms with Crippen LogP contribution in [0, 0.1) is 6.92 Å². The summed E-state index contributed by atoms with van der Waals surface area (Å²) in [5.41, 5.74) is 5.47. The third kappa shape index (κ3) is 2.95. The van der Waals surface area contributed by atoms with Crippen LogP contribution in [0.4, 0.5) is 5.95 Å². The number of nitrogens with zero attached hydrogens (tertiary/aromatic N) is 3. The summed E-state index contributed by atoms with van der Waals surface area (Å²) in [4.78, 5) is 12.0. The molecule has 0 radical (unpaired) electrons. The summed E-state index contributed by atoms with van der Waals surface area (Å²) in [7, 11) is 1.65. The normalized spacial score (nSPS) is 12.8. The van der Waals surface area contributed by atoms with E-state index in [0.717, 1.165) is 0 Å². The predicted octanol–water partition coefficient (Wildman–Crippen LogP) is 0.340. The summed E-state index contributed by atoms with van der Waals surface area (Å²) < 4.78 is 5.09. The maximum atomic E-state index is 5.47. The number of anilines is 1. The maximum Gasteiger partial charge on any atom is 0.223 e. The van der Waals surface area contributed by atoms with Crippen molar-refractivity contribution in [2.45, 2.75) is 26.4 Å². The monoisotopic (exact) mass is 182 g/mol. The summed E-state index contributed by atoms with van der Waals surface area (Å²) in [6, 6.07) is 0. The highest BCUT2D eigenvalue weighted by atomic mass is 16.5. The van der Waals surface area contributed by atoms with Crippen molar-refractivity contribution in [3.8, 4) is 0 Å². The van der Waals surface area contributed by atoms with E-state index in [1.165, 1.54) is 0 Å². The average molecular weight is 182 g/mol. The Kier molecular flexibility index (Phi) is 3.13. The number of nitrogens with two attached hydrogens (primary N) is 1. The zero-order valence-electron chi connectivity index (χ0n) is 8.11. The minimum absolute atomic E-state index is 0.0983. The number of hydrogen-bond acceptors (Lipinski definition) is 5. The Morgan fingerprint density at radius 3 is 2.62 bits per heavy atom. The first kappa shape index (κ1) is 9.85. The van der Waals surface area contributed by atoms with Gasteiger partial charge in [-0.3, -0.25) is 0 Å². The van der Waals surface area contributed by atoms with Crippen molar-refractivity contribution >= 4 is 5.95 Å². The van der Waals surface area contributed by atoms with Crippen LogP contribution in [-0.4, -0.2) is 28.2 Å². The molecule has 0 fully saturated rings. The van der Waals surface area contributed by atoms with Crippen LogP contribution in [-0.2, 0) is 11.2 Å². The summed E-state index contributed by atoms with van der Waals surface area (Å²) in [5, 5.41) is 0. The van der Waals surface area contributed by atoms with Crippen molar-refractivity contribution in [3.63, 3.8) is 0 Å². The van der Waals surface area contributed by atoms with Crippen LogP contribution in [0.5, 0.6) is 0 Å². The first-order valence-electron chi connectivity index (χ1n) is 4.11. The molecular formula is C8H14N4O. The van der Waals surface area contributed by atoms with Crippen LogP contribution in [0.15, 0.2) is 0 Å². The highest BCUT2D eigenvalue weighted by Crippen LogP contribution is 2.01. The van der Waals surface area contributed by atoms with Crippen LogP contribution >= 0.6 is 0 Å². The number of rotatable bonds is 3. The van der Waals surface area contributed by atoms with Gasteiger partial charge in [-0.2, -0.15) is 9.97 Å². The van der Waals surface area contributed by atoms with Crippen molar-refractivity contribution < 1.29 is 4.74 Å². The fraction of sp³-hybridized carbons (Fsp3) is 0.625. The predicted molar refractivity (Wildman–Crippen MR) is 49.2 cm³/mol. The van der Waals surface area contributed by atoms with Gasteiger partial charge in [0.25, 0.3) is 0 Å². The van der Waals surface area contributed by atoms with Crippen LogP contribution in [0.25, 0.3) is 0 Å². The highest BCUT2D eigenvalue weighted by molar-refractivity contribution is 5.15. The number of ether oxygens (including phenoxy) is 1. The number of aromatic nitrogens is 3. The fourth-order valence-electron chi connectivity index (χ4n) is 0.992. The van der Waals surface area contributed by atoms with E-state index in [0.29, 0.717) is 18.1 Å². The van der Waals surface area contributed by atoms with E-state index >= 15 is 0 Å². The quantitative estimate of drug-likeness (QED) is 0.729. The second-order valence-corrected chi connectivity index (χ2v) is 2.91. The minimum Gasteiger partial charge on any atom is -0.381 e. The minimum atomic E-state index is 0.0983. The van der Waals surface area contributed by atoms with E-state index in [1.807, 2.05) is 6.92 Å². The third-order valence-electron chi connectivity index (χ3n) is 1.68. The molecule has 1 rings (SSSR count). The smallest absolute Gasteiger partial charge is 0.223 e. The van der Waals surface area contributed by atoms with Gasteiger partial charge in [-0.05, 0) is 13.8 Å². The molecule has 1 unspecified atom stereocenters. The first-order valence-corrected chi connectivity index (χ1v) is 4.11. The van der Waals surface area contributed by atoms with E-state index in [1.54, 1.807) is 14.0 Å². The number of hydrogen-bond donors (Lipinski definition) is 1. The molecule has 0 saturated carbocycles. The zero-order valence-corrected chi connectivity index (χ0v) is 8.11. The molecule has 1 aromatic heterocycles. The van der Waals surface area contributed by atoms with Crippen molar-refractivity contribution in [2.24, 2.45) is 0 Å². The van der Waals surface area contributed by atoms with Gasteiger partial charge in [0.2, 0.25) is 5.95 Å². The number of nitrogen functional groups attached to an aromatic ring is 1. The Morgan fingerprint density at radius 2 is 2.08 bits per heavy atom. The van der Waals surface area contributed by atoms with Gasteiger partial charge in [0.15, 0.2) is 0 Å². The van der Waals surface area contributed by atoms with E-state index in [4.69, 9.17) is 10.5 Å². The number of methoxy groups -OCH3 is 1. The van der Waals surface area contributed by atoms with Crippen LogP contribution in [0.2, 0.25) is 0 Å². The molecule has 5 heteroatoms. The van der Waals surface area contributed by atoms with Gasteiger partial charge in [0.05, 0.1) is 6.10 Å². The van der Waals surface area contributed by atoms with Crippen LogP contribution in [0.3, 0.4) is 0 Å². The van der Waals surface area contributed by atoms with Gasteiger partial charge < -0.3 is 10.5 Å². The molecule has 0 spiro atoms. The maximum absolute atomic E-state index is 5.47. The Balaban J connectivity index is 2.77. The molecule has 0 bridgehead atoms. The summed E-state index contributed by atoms with van der Waals surface area (Å²) in [5.74, 6) is 1.59. The standard InChI is InChI=1S/C8H14N4O/c1-5(13-3)4-7-10-6(2)11-8(9)12-7/h5H,4H2,1-3H3,(H2,9,10,11,12). The molecule has 0 amide bonds. The molecule has 1 heterocycles. The molecule has 0 aliphatic carbocycles. The van der Waals surface area contributed by atoms with Gasteiger partial charge in [-0.1, -0.05) is 0 Å². The molecular weight excluding hydrogens is 168 g/mol. The first-order chi connectivity index (χ1) is 6.11. The molecule has 1 aromatic rings. The Labute approximate surface area is 77.4 Å². The third-order valence-corrected chi connectivity index (χ3v) is 1.68. The molecule has 13 heavy (non-hydrogen) atoms. The largest absolute Gasteiger partial charge is 0.381 e. The SMILES string of the molecule is COC(C)Cc1nc(C)nc(N)n1. The second kappa shape index (κ2) is 4.13. The Morgan fingerprint density at radius 1 is 1.38 bits per heavy atom. The van der Waals surface area contributed by atoms with Gasteiger partial charge in [-0.15, -0.1) is 0 Å². The van der Waals surface area contributed by atoms with Crippen molar-refractivity contribution in [1.82, 2.24) is 15.0 Å². The van der Waals surface area contributed by atoms with Crippen molar-refractivity contribution in [3.05, 3.63) is 11.6 Å². The van der Waals surface area contributed by atoms with E-state index in [2.05, 4.69) is 15.0 Å². The van der Waals surface area contributed by atoms with Crippen molar-refractivity contribution in [2.75, 3.05) is 12.8 Å². The Bertz CT molecular complexity index is 269. The van der Waals surface area contributed by atoms with E-state index < -0.39 is 0 Å². The molecule has 2 N–H and O–H groups in total. The molecule has 1 atom stereocenters. The number of aryl methyl sites for hydroxylation is 1. The molecule has 5 nitrogen and oxygen atoms in total. The summed E-state index contributed by atoms with van der Waals surface area (Å²) in [6.45, 7) is 3.74. The van der Waals surface area contributed by atoms with E-state index in [-0.39, 0.29) is 12.1 Å². The molecule has 0 aromatic carbocycles. The lowest BCUT2D eigenvalue weighted by atomic mass is 10.3. The fourth-order valence-corrected chi connectivity index (χ4v) is 0.992. The molecule has 0 saturated heterocycles. The average Bonchev–Trinajstić information content (AvgIpc) is 2.02. The van der Waals surface area contributed by atoms with Crippen LogP contribution in [0.1, 0.15) is 18.6 Å². The van der Waals surface area contributed by atoms with Gasteiger partial charge in [-0.25, -0.2) is 4.98 Å². The lowest BCUT2D eigenvalue weighted by Gasteiger charge is -2.07. The molecule has 0 aliphatic heterocycles. The zero-order chi connectivity index (χ0) is 9.84. The molecule has 72 valence electrons. The van der Waals surface area contributed by atoms with Gasteiger partial charge in [0.1, 0.15) is 11.6 Å². The summed E-state index contributed by atoms with van der Waals surface area (Å²) in [6.07, 6.45) is 0.755. The second-order valence-electron chi connectivity index (χ2n) is 2.91. The lowest BCUT2D eigenvalue weighted by molar-refractivity contribution is 0.117. The Hall–Kier alpha value is -1.23. The topological polar surface area (TPSA) is 73.9 Å². The lowest BCUT2D eigenvalue weighted by Crippen LogP contribution is -2.13. The highest BCUT2D eigenvalue weighted by Gasteiger charge is 2.06. The molecule has 0 aliphatic rings. The van der Waals surface area contributed by atoms with Crippen molar-refractivity contribution in [1.29, 1.82) is 0 Å². The van der Waals surface area contributed by atoms with Gasteiger partial charge >= 0.3 is 0 Å².